The summed E-state index contributed by atoms with van der Waals surface area (Å²) in [5.74, 6) is -0.735. The number of halogens is 1. The van der Waals surface area contributed by atoms with E-state index in [1.165, 1.54) is 65.4 Å². The number of nitrogens with one attached hydrogen (secondary N) is 1. The van der Waals surface area contributed by atoms with E-state index < -0.39 is 5.82 Å². The zero-order chi connectivity index (χ0) is 25.7. The zero-order valence-corrected chi connectivity index (χ0v) is 21.4. The molecule has 4 aromatic rings. The van der Waals surface area contributed by atoms with Crippen LogP contribution >= 0.6 is 23.9 Å². The number of nitriles is 1. The van der Waals surface area contributed by atoms with Crippen LogP contribution in [0.15, 0.2) is 59.0 Å². The summed E-state index contributed by atoms with van der Waals surface area (Å²) >= 11 is 2.69. The summed E-state index contributed by atoms with van der Waals surface area (Å²) in [7, 11) is 1.91. The average Bonchev–Trinajstić information content (AvgIpc) is 2.89. The fourth-order valence-electron chi connectivity index (χ4n) is 3.35. The van der Waals surface area contributed by atoms with Crippen molar-refractivity contribution in [2.45, 2.75) is 18.5 Å². The number of anilines is 1. The van der Waals surface area contributed by atoms with Crippen molar-refractivity contribution < 1.29 is 9.13 Å². The number of aromatic nitrogens is 4. The fraction of sp³-hybridized carbons (Fsp3) is 0.208. The van der Waals surface area contributed by atoms with Crippen LogP contribution in [0.5, 0.6) is 11.5 Å². The molecule has 9 nitrogen and oxygen atoms in total. The van der Waals surface area contributed by atoms with E-state index >= 15 is 0 Å². The minimum Gasteiger partial charge on any atom is -0.453 e. The number of thioether (sulfide) groups is 1. The van der Waals surface area contributed by atoms with Crippen molar-refractivity contribution >= 4 is 40.5 Å². The molecule has 36 heavy (non-hydrogen) atoms. The minimum absolute atomic E-state index is 0.0159. The largest absolute Gasteiger partial charge is 0.453 e. The van der Waals surface area contributed by atoms with Gasteiger partial charge in [0, 0.05) is 18.7 Å². The van der Waals surface area contributed by atoms with Crippen molar-refractivity contribution in [1.29, 1.82) is 5.26 Å². The Hall–Kier alpha value is -3.66. The Balaban J connectivity index is 1.68. The number of hydrogen-bond acceptors (Lipinski definition) is 10. The lowest BCUT2D eigenvalue weighted by molar-refractivity contribution is 0.441. The number of rotatable bonds is 9. The van der Waals surface area contributed by atoms with Crippen molar-refractivity contribution in [3.05, 3.63) is 70.8 Å². The van der Waals surface area contributed by atoms with Crippen LogP contribution in [0, 0.1) is 17.1 Å². The Kier molecular flexibility index (Phi) is 8.04. The summed E-state index contributed by atoms with van der Waals surface area (Å²) in [6, 6.07) is 9.38. The fourth-order valence-corrected chi connectivity index (χ4v) is 4.36. The molecule has 0 saturated carbocycles. The lowest BCUT2D eigenvalue weighted by Crippen LogP contribution is -2.19. The third kappa shape index (κ3) is 5.43. The molecule has 12 heteroatoms. The van der Waals surface area contributed by atoms with Crippen LogP contribution in [-0.4, -0.2) is 43.7 Å². The third-order valence-corrected chi connectivity index (χ3v) is 6.48. The molecule has 0 aliphatic carbocycles. The van der Waals surface area contributed by atoms with Gasteiger partial charge in [0.1, 0.15) is 23.7 Å². The highest BCUT2D eigenvalue weighted by Gasteiger charge is 2.18. The van der Waals surface area contributed by atoms with Gasteiger partial charge in [-0.3, -0.25) is 9.36 Å². The van der Waals surface area contributed by atoms with Crippen LogP contribution < -0.4 is 15.0 Å². The summed E-state index contributed by atoms with van der Waals surface area (Å²) in [6.45, 7) is 2.89. The minimum atomic E-state index is -0.696. The first-order valence-corrected chi connectivity index (χ1v) is 12.9. The van der Waals surface area contributed by atoms with Crippen molar-refractivity contribution in [2.75, 3.05) is 24.6 Å². The standard InChI is InChI=1S/C24H22FN7O2S2/c1-4-9-31(2)36-30-21-8-6-19(25)22(18(21)11-26)34-16-5-7-20-17(10-16)23(33)32(14-29-20)15-12-27-24(35-3)28-13-15/h5-8,10,12-14,30H,4,9H2,1-3H3. The quantitative estimate of drug-likeness (QED) is 0.182. The Morgan fingerprint density at radius 3 is 2.69 bits per heavy atom. The van der Waals surface area contributed by atoms with Gasteiger partial charge in [0.05, 0.1) is 34.7 Å². The second-order valence-corrected chi connectivity index (χ2v) is 9.37. The van der Waals surface area contributed by atoms with Gasteiger partial charge in [0.2, 0.25) is 0 Å². The van der Waals surface area contributed by atoms with Crippen molar-refractivity contribution in [2.24, 2.45) is 0 Å². The topological polar surface area (TPSA) is 109 Å². The monoisotopic (exact) mass is 523 g/mol. The van der Waals surface area contributed by atoms with E-state index in [2.05, 4.69) is 26.6 Å². The summed E-state index contributed by atoms with van der Waals surface area (Å²) in [6.07, 6.45) is 7.30. The Morgan fingerprint density at radius 2 is 2.00 bits per heavy atom. The summed E-state index contributed by atoms with van der Waals surface area (Å²) in [5, 5.41) is 10.6. The summed E-state index contributed by atoms with van der Waals surface area (Å²) < 4.78 is 26.9. The van der Waals surface area contributed by atoms with Gasteiger partial charge in [-0.15, -0.1) is 0 Å². The maximum absolute atomic E-state index is 14.7. The molecule has 184 valence electrons. The van der Waals surface area contributed by atoms with Gasteiger partial charge in [0.15, 0.2) is 16.7 Å². The first kappa shape index (κ1) is 25.4. The van der Waals surface area contributed by atoms with Gasteiger partial charge in [-0.25, -0.2) is 23.6 Å². The smallest absolute Gasteiger partial charge is 0.266 e. The number of nitrogens with zero attached hydrogens (tertiary/aromatic N) is 6. The molecule has 2 aromatic heterocycles. The average molecular weight is 524 g/mol. The highest BCUT2D eigenvalue weighted by molar-refractivity contribution is 7.98. The van der Waals surface area contributed by atoms with Gasteiger partial charge in [-0.05, 0) is 50.1 Å². The van der Waals surface area contributed by atoms with Crippen LogP contribution in [0.4, 0.5) is 10.1 Å². The first-order chi connectivity index (χ1) is 17.4. The zero-order valence-electron chi connectivity index (χ0n) is 19.7. The second kappa shape index (κ2) is 11.4. The molecule has 0 atom stereocenters. The van der Waals surface area contributed by atoms with Gasteiger partial charge in [-0.1, -0.05) is 18.7 Å². The molecule has 0 spiro atoms. The van der Waals surface area contributed by atoms with Gasteiger partial charge in [-0.2, -0.15) is 5.26 Å². The molecule has 0 amide bonds. The second-order valence-electron chi connectivity index (χ2n) is 7.58. The molecule has 2 aromatic carbocycles. The first-order valence-electron chi connectivity index (χ1n) is 10.9. The molecule has 0 aliphatic heterocycles. The molecule has 0 fully saturated rings. The molecule has 1 N–H and O–H groups in total. The lowest BCUT2D eigenvalue weighted by atomic mass is 10.1. The van der Waals surface area contributed by atoms with E-state index in [-0.39, 0.29) is 28.0 Å². The van der Waals surface area contributed by atoms with Crippen molar-refractivity contribution in [1.82, 2.24) is 23.8 Å². The van der Waals surface area contributed by atoms with E-state index in [1.807, 2.05) is 23.7 Å². The summed E-state index contributed by atoms with van der Waals surface area (Å²) in [4.78, 5) is 25.9. The third-order valence-electron chi connectivity index (χ3n) is 5.10. The van der Waals surface area contributed by atoms with E-state index in [4.69, 9.17) is 4.74 Å². The van der Waals surface area contributed by atoms with Crippen molar-refractivity contribution in [3.8, 4) is 23.3 Å². The Morgan fingerprint density at radius 1 is 1.22 bits per heavy atom. The number of ether oxygens (including phenoxy) is 1. The molecule has 0 unspecified atom stereocenters. The van der Waals surface area contributed by atoms with Gasteiger partial charge >= 0.3 is 0 Å². The van der Waals surface area contributed by atoms with Gasteiger partial charge in [0.25, 0.3) is 5.56 Å². The Bertz CT molecular complexity index is 1490. The van der Waals surface area contributed by atoms with Crippen molar-refractivity contribution in [3.63, 3.8) is 0 Å². The van der Waals surface area contributed by atoms with Crippen LogP contribution in [0.3, 0.4) is 0 Å². The molecule has 4 rings (SSSR count). The Labute approximate surface area is 215 Å². The molecule has 0 aliphatic rings. The van der Waals surface area contributed by atoms with E-state index in [1.54, 1.807) is 12.1 Å². The molecule has 0 saturated heterocycles. The molecule has 0 radical (unpaired) electrons. The normalized spacial score (nSPS) is 11.0. The molecular weight excluding hydrogens is 501 g/mol. The SMILES string of the molecule is CCCN(C)SNc1ccc(F)c(Oc2ccc3ncn(-c4cnc(SC)nc4)c(=O)c3c2)c1C#N. The van der Waals surface area contributed by atoms with E-state index in [9.17, 15) is 14.4 Å². The number of benzene rings is 2. The molecular formula is C24H22FN7O2S2. The summed E-state index contributed by atoms with van der Waals surface area (Å²) in [5.41, 5.74) is 0.970. The van der Waals surface area contributed by atoms with Crippen LogP contribution in [0.2, 0.25) is 0 Å². The maximum Gasteiger partial charge on any atom is 0.266 e. The van der Waals surface area contributed by atoms with E-state index in [0.717, 1.165) is 13.0 Å². The van der Waals surface area contributed by atoms with Crippen LogP contribution in [-0.2, 0) is 0 Å². The van der Waals surface area contributed by atoms with Crippen LogP contribution in [0.1, 0.15) is 18.9 Å². The highest BCUT2D eigenvalue weighted by Crippen LogP contribution is 2.34. The molecule has 0 bridgehead atoms. The number of hydrogen-bond donors (Lipinski definition) is 1. The predicted octanol–water partition coefficient (Wildman–Crippen LogP) is 5.02. The number of fused-ring (bicyclic) bond motifs is 1. The van der Waals surface area contributed by atoms with E-state index in [0.29, 0.717) is 22.0 Å². The maximum atomic E-state index is 14.7. The van der Waals surface area contributed by atoms with Gasteiger partial charge < -0.3 is 9.46 Å². The van der Waals surface area contributed by atoms with Crippen LogP contribution in [0.25, 0.3) is 16.6 Å². The lowest BCUT2D eigenvalue weighted by Gasteiger charge is -2.17. The molecule has 2 heterocycles. The highest BCUT2D eigenvalue weighted by atomic mass is 32.2. The predicted molar refractivity (Wildman–Crippen MR) is 140 cm³/mol.